The van der Waals surface area contributed by atoms with Gasteiger partial charge < -0.3 is 10.5 Å². The molecule has 1 atom stereocenters. The Bertz CT molecular complexity index is 484. The molecule has 0 amide bonds. The van der Waals surface area contributed by atoms with Gasteiger partial charge >= 0.3 is 10.1 Å². The lowest BCUT2D eigenvalue weighted by molar-refractivity contribution is 0.247. The number of benzene rings is 1. The Kier molecular flexibility index (Phi) is 4.36. The van der Waals surface area contributed by atoms with Crippen molar-refractivity contribution in [1.82, 2.24) is 0 Å². The molecule has 1 rings (SSSR count). The molecule has 0 bridgehead atoms. The number of rotatable bonds is 5. The number of hydrogen-bond donors (Lipinski definition) is 2. The summed E-state index contributed by atoms with van der Waals surface area (Å²) < 4.78 is 36.5. The third kappa shape index (κ3) is 3.90. The minimum atomic E-state index is -4.23. The largest absolute Gasteiger partial charge is 0.470 e. The smallest absolute Gasteiger partial charge is 0.303 e. The summed E-state index contributed by atoms with van der Waals surface area (Å²) in [5.74, 6) is 0.270. The van der Waals surface area contributed by atoms with Crippen LogP contribution in [0, 0.1) is 6.92 Å². The summed E-state index contributed by atoms with van der Waals surface area (Å²) in [6.45, 7) is 3.67. The predicted octanol–water partition coefficient (Wildman–Crippen LogP) is 1.97. The molecule has 3 N–H and O–H groups in total. The lowest BCUT2D eigenvalue weighted by Crippen LogP contribution is -2.27. The minimum Gasteiger partial charge on any atom is -0.470 e. The third-order valence-electron chi connectivity index (χ3n) is 2.28. The summed E-state index contributed by atoms with van der Waals surface area (Å²) in [6.07, 6.45) is 0.794. The molecule has 0 radical (unpaired) electrons. The Morgan fingerprint density at radius 1 is 1.47 bits per heavy atom. The van der Waals surface area contributed by atoms with E-state index in [-0.39, 0.29) is 12.2 Å². The molecule has 0 fully saturated rings. The molecule has 0 spiro atoms. The van der Waals surface area contributed by atoms with Gasteiger partial charge in [-0.2, -0.15) is 8.42 Å². The number of ether oxygens (including phenoxy) is 1. The van der Waals surface area contributed by atoms with Crippen molar-refractivity contribution in [1.29, 1.82) is 0 Å². The first-order valence-electron chi connectivity index (χ1n) is 5.33. The highest BCUT2D eigenvalue weighted by molar-refractivity contribution is 7.86. The van der Waals surface area contributed by atoms with Crippen LogP contribution < -0.4 is 10.5 Å². The Balaban J connectivity index is 2.94. The van der Waals surface area contributed by atoms with E-state index in [9.17, 15) is 8.42 Å². The van der Waals surface area contributed by atoms with Gasteiger partial charge in [-0.05, 0) is 24.6 Å². The normalized spacial score (nSPS) is 13.4. The van der Waals surface area contributed by atoms with Crippen LogP contribution in [0.2, 0.25) is 0 Å². The third-order valence-corrected chi connectivity index (χ3v) is 3.28. The first kappa shape index (κ1) is 13.8. The van der Waals surface area contributed by atoms with Gasteiger partial charge in [0.2, 0.25) is 5.44 Å². The van der Waals surface area contributed by atoms with Crippen LogP contribution in [-0.2, 0) is 10.1 Å². The van der Waals surface area contributed by atoms with Crippen molar-refractivity contribution in [2.45, 2.75) is 32.1 Å². The number of nitrogens with two attached hydrogens (primary N) is 1. The van der Waals surface area contributed by atoms with Crippen LogP contribution in [-0.4, -0.2) is 18.4 Å². The topological polar surface area (TPSA) is 89.6 Å². The molecule has 0 heterocycles. The first-order chi connectivity index (χ1) is 7.84. The SMILES string of the molecule is CCCC(Oc1ccc(C)cc1N)S(=O)(=O)O. The molecule has 5 nitrogen and oxygen atoms in total. The average Bonchev–Trinajstić information content (AvgIpc) is 2.19. The highest BCUT2D eigenvalue weighted by atomic mass is 32.2. The van der Waals surface area contributed by atoms with Gasteiger partial charge in [-0.3, -0.25) is 4.55 Å². The Morgan fingerprint density at radius 3 is 2.59 bits per heavy atom. The van der Waals surface area contributed by atoms with Gasteiger partial charge in [-0.1, -0.05) is 19.4 Å². The van der Waals surface area contributed by atoms with E-state index in [2.05, 4.69) is 0 Å². The molecule has 1 aromatic carbocycles. The Morgan fingerprint density at radius 2 is 2.12 bits per heavy atom. The van der Waals surface area contributed by atoms with Crippen LogP contribution >= 0.6 is 0 Å². The maximum atomic E-state index is 11.1. The molecule has 0 aliphatic rings. The van der Waals surface area contributed by atoms with E-state index in [1.165, 1.54) is 0 Å². The molecule has 0 saturated heterocycles. The second-order valence-electron chi connectivity index (χ2n) is 3.89. The molecule has 17 heavy (non-hydrogen) atoms. The van der Waals surface area contributed by atoms with Crippen molar-refractivity contribution in [3.63, 3.8) is 0 Å². The fourth-order valence-electron chi connectivity index (χ4n) is 1.42. The number of aryl methyl sites for hydroxylation is 1. The first-order valence-corrected chi connectivity index (χ1v) is 6.84. The van der Waals surface area contributed by atoms with Crippen LogP contribution in [0.3, 0.4) is 0 Å². The van der Waals surface area contributed by atoms with E-state index < -0.39 is 15.6 Å². The lowest BCUT2D eigenvalue weighted by atomic mass is 10.2. The highest BCUT2D eigenvalue weighted by Gasteiger charge is 2.24. The molecule has 0 saturated carbocycles. The summed E-state index contributed by atoms with van der Waals surface area (Å²) in [5.41, 5.74) is 5.75. The molecule has 96 valence electrons. The molecule has 1 aromatic rings. The fraction of sp³-hybridized carbons (Fsp3) is 0.455. The van der Waals surface area contributed by atoms with Gasteiger partial charge in [0.05, 0.1) is 5.69 Å². The summed E-state index contributed by atoms with van der Waals surface area (Å²) in [6, 6.07) is 5.04. The van der Waals surface area contributed by atoms with Crippen LogP contribution in [0.25, 0.3) is 0 Å². The zero-order valence-electron chi connectivity index (χ0n) is 9.88. The van der Waals surface area contributed by atoms with E-state index in [1.54, 1.807) is 25.1 Å². The van der Waals surface area contributed by atoms with Crippen molar-refractivity contribution in [3.05, 3.63) is 23.8 Å². The van der Waals surface area contributed by atoms with E-state index in [4.69, 9.17) is 15.0 Å². The van der Waals surface area contributed by atoms with E-state index in [0.29, 0.717) is 12.1 Å². The van der Waals surface area contributed by atoms with Crippen molar-refractivity contribution in [2.75, 3.05) is 5.73 Å². The van der Waals surface area contributed by atoms with Gasteiger partial charge in [-0.15, -0.1) is 0 Å². The zero-order valence-corrected chi connectivity index (χ0v) is 10.7. The Hall–Kier alpha value is -1.27. The highest BCUT2D eigenvalue weighted by Crippen LogP contribution is 2.25. The Labute approximate surface area is 101 Å². The van der Waals surface area contributed by atoms with Gasteiger partial charge in [0.25, 0.3) is 0 Å². The molecular weight excluding hydrogens is 242 g/mol. The number of nitrogen functional groups attached to an aromatic ring is 1. The quantitative estimate of drug-likeness (QED) is 0.623. The van der Waals surface area contributed by atoms with Crippen molar-refractivity contribution < 1.29 is 17.7 Å². The summed E-state index contributed by atoms with van der Waals surface area (Å²) in [5, 5.41) is 0. The van der Waals surface area contributed by atoms with Gasteiger partial charge in [0.15, 0.2) is 0 Å². The second-order valence-corrected chi connectivity index (χ2v) is 5.45. The maximum Gasteiger partial charge on any atom is 0.303 e. The summed E-state index contributed by atoms with van der Waals surface area (Å²) in [7, 11) is -4.23. The summed E-state index contributed by atoms with van der Waals surface area (Å²) >= 11 is 0. The van der Waals surface area contributed by atoms with Crippen LogP contribution in [0.5, 0.6) is 5.75 Å². The van der Waals surface area contributed by atoms with Gasteiger partial charge in [0.1, 0.15) is 5.75 Å². The fourth-order valence-corrected chi connectivity index (χ4v) is 2.18. The minimum absolute atomic E-state index is 0.214. The van der Waals surface area contributed by atoms with Crippen molar-refractivity contribution in [2.24, 2.45) is 0 Å². The van der Waals surface area contributed by atoms with Gasteiger partial charge in [-0.25, -0.2) is 0 Å². The lowest BCUT2D eigenvalue weighted by Gasteiger charge is -2.17. The summed E-state index contributed by atoms with van der Waals surface area (Å²) in [4.78, 5) is 0. The molecule has 0 aliphatic carbocycles. The standard InChI is InChI=1S/C11H17NO4S/c1-3-4-11(17(13,14)15)16-10-6-5-8(2)7-9(10)12/h5-7,11H,3-4,12H2,1-2H3,(H,13,14,15). The number of anilines is 1. The average molecular weight is 259 g/mol. The molecule has 0 aliphatic heterocycles. The van der Waals surface area contributed by atoms with Crippen LogP contribution in [0.1, 0.15) is 25.3 Å². The molecule has 6 heteroatoms. The molecule has 1 unspecified atom stereocenters. The molecular formula is C11H17NO4S. The van der Waals surface area contributed by atoms with Crippen LogP contribution in [0.4, 0.5) is 5.69 Å². The number of hydrogen-bond acceptors (Lipinski definition) is 4. The predicted molar refractivity (Wildman–Crippen MR) is 66.5 cm³/mol. The monoisotopic (exact) mass is 259 g/mol. The second kappa shape index (κ2) is 5.37. The van der Waals surface area contributed by atoms with E-state index >= 15 is 0 Å². The van der Waals surface area contributed by atoms with E-state index in [1.807, 2.05) is 6.92 Å². The molecule has 0 aromatic heterocycles. The van der Waals surface area contributed by atoms with Crippen molar-refractivity contribution in [3.8, 4) is 5.75 Å². The van der Waals surface area contributed by atoms with Gasteiger partial charge in [0, 0.05) is 6.42 Å². The van der Waals surface area contributed by atoms with E-state index in [0.717, 1.165) is 5.56 Å². The maximum absolute atomic E-state index is 11.1. The zero-order chi connectivity index (χ0) is 13.1. The van der Waals surface area contributed by atoms with Crippen LogP contribution in [0.15, 0.2) is 18.2 Å². The van der Waals surface area contributed by atoms with Crippen molar-refractivity contribution >= 4 is 15.8 Å².